The first-order valence-electron chi connectivity index (χ1n) is 14.2. The van der Waals surface area contributed by atoms with Crippen LogP contribution >= 0.6 is 11.6 Å². The van der Waals surface area contributed by atoms with Gasteiger partial charge in [0.2, 0.25) is 5.78 Å². The van der Waals surface area contributed by atoms with Gasteiger partial charge in [-0.1, -0.05) is 32.4 Å². The molecule has 3 aliphatic carbocycles. The van der Waals surface area contributed by atoms with Crippen molar-refractivity contribution >= 4 is 35.0 Å². The van der Waals surface area contributed by atoms with Crippen molar-refractivity contribution in [2.24, 2.45) is 33.4 Å². The second kappa shape index (κ2) is 11.4. The van der Waals surface area contributed by atoms with E-state index < -0.39 is 52.7 Å². The summed E-state index contributed by atoms with van der Waals surface area (Å²) in [6, 6.07) is 2.19. The standard InChI is InChI=1S/C30H39ClF2N4O4/c1-5-30(32,33)25(36-17-8-10-29(4,11-9-17)27(40)41)19(15-34)26(39)37(18-13-20-21(14-18)28(20,2)3)16-23(38)24-22(31)7-6-12-35-24/h6-7,12,15,17-18,20-21H,5,8-11,13-14,16,34H2,1-4H3,(H,40,41)/t17?,18?,20-,21+,29?. The van der Waals surface area contributed by atoms with Gasteiger partial charge in [-0.15, -0.1) is 0 Å². The molecule has 1 aromatic heterocycles. The number of amides is 1. The van der Waals surface area contributed by atoms with Crippen molar-refractivity contribution in [2.75, 3.05) is 6.54 Å². The minimum atomic E-state index is -3.46. The summed E-state index contributed by atoms with van der Waals surface area (Å²) in [5, 5.41) is 9.69. The predicted octanol–water partition coefficient (Wildman–Crippen LogP) is 5.54. The summed E-state index contributed by atoms with van der Waals surface area (Å²) in [5.41, 5.74) is 3.92. The van der Waals surface area contributed by atoms with Crippen molar-refractivity contribution in [1.29, 1.82) is 0 Å². The molecule has 0 aliphatic heterocycles. The number of carboxylic acids is 1. The molecule has 224 valence electrons. The average molecular weight is 593 g/mol. The largest absolute Gasteiger partial charge is 0.481 e. The highest BCUT2D eigenvalue weighted by atomic mass is 35.5. The molecule has 1 heterocycles. The Balaban J connectivity index is 1.65. The lowest BCUT2D eigenvalue weighted by Crippen LogP contribution is -2.47. The number of hydrogen-bond donors (Lipinski definition) is 2. The quantitative estimate of drug-likeness (QED) is 0.209. The molecule has 8 nitrogen and oxygen atoms in total. The van der Waals surface area contributed by atoms with Crippen molar-refractivity contribution < 1.29 is 28.3 Å². The molecule has 11 heteroatoms. The van der Waals surface area contributed by atoms with E-state index in [4.69, 9.17) is 17.3 Å². The van der Waals surface area contributed by atoms with Gasteiger partial charge in [-0.25, -0.2) is 0 Å². The van der Waals surface area contributed by atoms with E-state index in [-0.39, 0.29) is 41.6 Å². The zero-order valence-electron chi connectivity index (χ0n) is 24.0. The van der Waals surface area contributed by atoms with Crippen LogP contribution in [0.4, 0.5) is 8.78 Å². The van der Waals surface area contributed by atoms with Gasteiger partial charge in [0.25, 0.3) is 11.8 Å². The van der Waals surface area contributed by atoms with E-state index in [9.17, 15) is 19.5 Å². The maximum absolute atomic E-state index is 15.5. The number of pyridine rings is 1. The number of halogens is 3. The lowest BCUT2D eigenvalue weighted by Gasteiger charge is -2.34. The Hall–Kier alpha value is -2.88. The number of carboxylic acid groups (broad SMARTS) is 1. The highest BCUT2D eigenvalue weighted by Crippen LogP contribution is 2.67. The van der Waals surface area contributed by atoms with Crippen molar-refractivity contribution in [3.05, 3.63) is 40.8 Å². The molecule has 3 saturated carbocycles. The molecule has 3 atom stereocenters. The Morgan fingerprint density at radius 1 is 1.22 bits per heavy atom. The van der Waals surface area contributed by atoms with Crippen LogP contribution < -0.4 is 5.73 Å². The predicted molar refractivity (Wildman–Crippen MR) is 152 cm³/mol. The maximum Gasteiger partial charge on any atom is 0.309 e. The van der Waals surface area contributed by atoms with Crippen LogP contribution in [0.5, 0.6) is 0 Å². The Kier molecular flexibility index (Phi) is 8.65. The molecule has 1 unspecified atom stereocenters. The topological polar surface area (TPSA) is 126 Å². The van der Waals surface area contributed by atoms with E-state index in [1.807, 2.05) is 0 Å². The van der Waals surface area contributed by atoms with Gasteiger partial charge in [0, 0.05) is 24.9 Å². The Labute approximate surface area is 244 Å². The third-order valence-corrected chi connectivity index (χ3v) is 10.0. The van der Waals surface area contributed by atoms with Crippen LogP contribution in [0, 0.1) is 22.7 Å². The number of nitrogens with two attached hydrogens (primary N) is 1. The second-order valence-electron chi connectivity index (χ2n) is 12.6. The van der Waals surface area contributed by atoms with Crippen LogP contribution in [0.25, 0.3) is 0 Å². The number of nitrogens with zero attached hydrogens (tertiary/aromatic N) is 3. The molecule has 0 spiro atoms. The van der Waals surface area contributed by atoms with Gasteiger partial charge in [-0.3, -0.25) is 24.4 Å². The molecule has 0 radical (unpaired) electrons. The third-order valence-electron chi connectivity index (χ3n) is 9.71. The molecule has 0 bridgehead atoms. The number of carbonyl (C=O) groups excluding carboxylic acids is 2. The Morgan fingerprint density at radius 3 is 2.34 bits per heavy atom. The molecule has 3 N–H and O–H groups in total. The van der Waals surface area contributed by atoms with Crippen LogP contribution in [0.15, 0.2) is 35.1 Å². The first-order valence-corrected chi connectivity index (χ1v) is 14.6. The van der Waals surface area contributed by atoms with Crippen LogP contribution in [0.3, 0.4) is 0 Å². The summed E-state index contributed by atoms with van der Waals surface area (Å²) < 4.78 is 30.9. The summed E-state index contributed by atoms with van der Waals surface area (Å²) >= 11 is 6.20. The van der Waals surface area contributed by atoms with E-state index >= 15 is 8.78 Å². The fourth-order valence-corrected chi connectivity index (χ4v) is 6.84. The third kappa shape index (κ3) is 6.03. The SMILES string of the molecule is CCC(F)(F)C(=NC1CCC(C)(C(=O)O)CC1)C(=CN)C(=O)N(CC(=O)c1ncccc1Cl)C1C[C@@H]2[C@H](C1)C2(C)C. The fraction of sp³-hybridized carbons (Fsp3) is 0.633. The molecule has 3 aliphatic rings. The first-order chi connectivity index (χ1) is 19.2. The monoisotopic (exact) mass is 592 g/mol. The molecule has 1 aromatic rings. The summed E-state index contributed by atoms with van der Waals surface area (Å²) in [6.45, 7) is 6.89. The Bertz CT molecular complexity index is 1260. The second-order valence-corrected chi connectivity index (χ2v) is 13.0. The zero-order valence-corrected chi connectivity index (χ0v) is 24.8. The number of Topliss-reactive ketones (excluding diaryl/α,β-unsaturated/α-hetero) is 1. The van der Waals surface area contributed by atoms with Gasteiger partial charge in [0.1, 0.15) is 11.4 Å². The molecule has 4 rings (SSSR count). The van der Waals surface area contributed by atoms with E-state index in [0.717, 1.165) is 6.20 Å². The van der Waals surface area contributed by atoms with Gasteiger partial charge in [-0.05, 0) is 74.8 Å². The summed E-state index contributed by atoms with van der Waals surface area (Å²) in [4.78, 5) is 48.9. The van der Waals surface area contributed by atoms with Crippen molar-refractivity contribution in [3.8, 4) is 0 Å². The highest BCUT2D eigenvalue weighted by Gasteiger charge is 2.63. The summed E-state index contributed by atoms with van der Waals surface area (Å²) in [6.07, 6.45) is 4.12. The van der Waals surface area contributed by atoms with Crippen molar-refractivity contribution in [2.45, 2.75) is 90.6 Å². The number of alkyl halides is 2. The lowest BCUT2D eigenvalue weighted by atomic mass is 9.74. The van der Waals surface area contributed by atoms with Crippen molar-refractivity contribution in [3.63, 3.8) is 0 Å². The minimum absolute atomic E-state index is 0.00481. The number of rotatable bonds is 10. The number of aliphatic imine (C=N–C) groups is 1. The van der Waals surface area contributed by atoms with E-state index in [1.165, 1.54) is 24.1 Å². The van der Waals surface area contributed by atoms with Gasteiger partial charge in [0.15, 0.2) is 0 Å². The molecule has 3 fully saturated rings. The number of hydrogen-bond acceptors (Lipinski definition) is 6. The highest BCUT2D eigenvalue weighted by molar-refractivity contribution is 6.33. The molecule has 0 aromatic carbocycles. The van der Waals surface area contributed by atoms with E-state index in [2.05, 4.69) is 23.8 Å². The van der Waals surface area contributed by atoms with Crippen molar-refractivity contribution in [1.82, 2.24) is 9.88 Å². The number of fused-ring (bicyclic) bond motifs is 1. The van der Waals surface area contributed by atoms with Crippen LogP contribution in [-0.4, -0.2) is 62.9 Å². The molecule has 0 saturated heterocycles. The van der Waals surface area contributed by atoms with Gasteiger partial charge in [-0.2, -0.15) is 8.78 Å². The lowest BCUT2D eigenvalue weighted by molar-refractivity contribution is -0.149. The van der Waals surface area contributed by atoms with E-state index in [0.29, 0.717) is 37.5 Å². The number of aliphatic carboxylic acids is 1. The zero-order chi connectivity index (χ0) is 30.3. The average Bonchev–Trinajstić information content (AvgIpc) is 3.23. The Morgan fingerprint density at radius 2 is 1.83 bits per heavy atom. The fourth-order valence-electron chi connectivity index (χ4n) is 6.62. The molecular weight excluding hydrogens is 554 g/mol. The molecular formula is C30H39ClF2N4O4. The number of carbonyl (C=O) groups is 3. The van der Waals surface area contributed by atoms with E-state index in [1.54, 1.807) is 13.0 Å². The molecule has 1 amide bonds. The number of aromatic nitrogens is 1. The maximum atomic E-state index is 15.5. The van der Waals surface area contributed by atoms with Gasteiger partial charge >= 0.3 is 5.97 Å². The number of ketones is 1. The van der Waals surface area contributed by atoms with Gasteiger partial charge < -0.3 is 15.7 Å². The van der Waals surface area contributed by atoms with Crippen LogP contribution in [0.2, 0.25) is 5.02 Å². The van der Waals surface area contributed by atoms with Crippen LogP contribution in [-0.2, 0) is 9.59 Å². The first kappa shape index (κ1) is 31.1. The molecule has 41 heavy (non-hydrogen) atoms. The normalized spacial score (nSPS) is 29.5. The summed E-state index contributed by atoms with van der Waals surface area (Å²) in [7, 11) is 0. The van der Waals surface area contributed by atoms with Crippen LogP contribution in [0.1, 0.15) is 83.1 Å². The summed E-state index contributed by atoms with van der Waals surface area (Å²) in [5.74, 6) is -4.93. The van der Waals surface area contributed by atoms with Gasteiger partial charge in [0.05, 0.1) is 28.6 Å². The smallest absolute Gasteiger partial charge is 0.309 e. The minimum Gasteiger partial charge on any atom is -0.481 e.